The number of aryl methyl sites for hydroxylation is 1. The quantitative estimate of drug-likeness (QED) is 0.670. The molecular formula is C13H17ClN2O3S. The summed E-state index contributed by atoms with van der Waals surface area (Å²) in [4.78, 5) is 22.2. The van der Waals surface area contributed by atoms with Crippen molar-refractivity contribution in [2.24, 2.45) is 5.73 Å². The van der Waals surface area contributed by atoms with Crippen LogP contribution in [0.4, 0.5) is 5.69 Å². The molecule has 0 bridgehead atoms. The lowest BCUT2D eigenvalue weighted by molar-refractivity contribution is -0.138. The van der Waals surface area contributed by atoms with E-state index in [1.54, 1.807) is 12.1 Å². The molecule has 7 heteroatoms. The lowest BCUT2D eigenvalue weighted by Gasteiger charge is -2.08. The molecule has 0 aliphatic carbocycles. The number of hydrogen-bond acceptors (Lipinski definition) is 4. The second-order valence-corrected chi connectivity index (χ2v) is 5.83. The van der Waals surface area contributed by atoms with Gasteiger partial charge in [-0.3, -0.25) is 9.59 Å². The molecule has 0 heterocycles. The number of benzene rings is 1. The molecule has 5 nitrogen and oxygen atoms in total. The van der Waals surface area contributed by atoms with E-state index >= 15 is 0 Å². The highest BCUT2D eigenvalue weighted by atomic mass is 35.5. The van der Waals surface area contributed by atoms with E-state index in [1.807, 2.05) is 13.0 Å². The molecule has 110 valence electrons. The van der Waals surface area contributed by atoms with Crippen molar-refractivity contribution in [3.63, 3.8) is 0 Å². The van der Waals surface area contributed by atoms with Gasteiger partial charge in [-0.2, -0.15) is 11.8 Å². The van der Waals surface area contributed by atoms with Crippen LogP contribution in [0.2, 0.25) is 5.02 Å². The minimum atomic E-state index is -1.03. The van der Waals surface area contributed by atoms with Gasteiger partial charge in [0.05, 0.1) is 16.5 Å². The van der Waals surface area contributed by atoms with Crippen molar-refractivity contribution in [3.05, 3.63) is 28.8 Å². The van der Waals surface area contributed by atoms with Crippen LogP contribution >= 0.6 is 23.4 Å². The first kappa shape index (κ1) is 16.8. The third-order valence-corrected chi connectivity index (χ3v) is 3.83. The molecule has 0 fully saturated rings. The standard InChI is InChI=1S/C13H17ClN2O3S/c1-8-2-3-11(9(14)6-8)16-12(17)7-20-5-4-10(15)13(18)19/h2-3,6,10H,4-5,7,15H2,1H3,(H,16,17)(H,18,19). The number of carbonyl (C=O) groups is 2. The molecule has 0 spiro atoms. The van der Waals surface area contributed by atoms with Gasteiger partial charge < -0.3 is 16.2 Å². The highest BCUT2D eigenvalue weighted by molar-refractivity contribution is 7.99. The van der Waals surface area contributed by atoms with Gasteiger partial charge in [-0.15, -0.1) is 0 Å². The van der Waals surface area contributed by atoms with E-state index in [0.717, 1.165) is 5.56 Å². The van der Waals surface area contributed by atoms with Crippen LogP contribution in [-0.4, -0.2) is 34.5 Å². The summed E-state index contributed by atoms with van der Waals surface area (Å²) in [6, 6.07) is 4.51. The smallest absolute Gasteiger partial charge is 0.320 e. The van der Waals surface area contributed by atoms with Crippen LogP contribution in [-0.2, 0) is 9.59 Å². The monoisotopic (exact) mass is 316 g/mol. The zero-order valence-corrected chi connectivity index (χ0v) is 12.6. The summed E-state index contributed by atoms with van der Waals surface area (Å²) < 4.78 is 0. The highest BCUT2D eigenvalue weighted by Gasteiger charge is 2.11. The van der Waals surface area contributed by atoms with Gasteiger partial charge in [0, 0.05) is 0 Å². The molecule has 0 saturated heterocycles. The molecule has 0 aliphatic rings. The van der Waals surface area contributed by atoms with Gasteiger partial charge >= 0.3 is 5.97 Å². The fraction of sp³-hybridized carbons (Fsp3) is 0.385. The van der Waals surface area contributed by atoms with Crippen LogP contribution in [0.3, 0.4) is 0 Å². The minimum Gasteiger partial charge on any atom is -0.480 e. The molecule has 1 rings (SSSR count). The Balaban J connectivity index is 2.32. The second kappa shape index (κ2) is 8.14. The van der Waals surface area contributed by atoms with Crippen LogP contribution in [0.15, 0.2) is 18.2 Å². The van der Waals surface area contributed by atoms with Gasteiger partial charge in [0.15, 0.2) is 0 Å². The number of halogens is 1. The molecule has 1 aromatic carbocycles. The molecule has 4 N–H and O–H groups in total. The van der Waals surface area contributed by atoms with Crippen molar-refractivity contribution in [2.45, 2.75) is 19.4 Å². The van der Waals surface area contributed by atoms with Crippen molar-refractivity contribution < 1.29 is 14.7 Å². The number of aliphatic carboxylic acids is 1. The van der Waals surface area contributed by atoms with Crippen LogP contribution in [0, 0.1) is 6.92 Å². The predicted octanol–water partition coefficient (Wildman–Crippen LogP) is 2.12. The Bertz CT molecular complexity index is 497. The first-order valence-electron chi connectivity index (χ1n) is 6.02. The van der Waals surface area contributed by atoms with Gasteiger partial charge in [0.1, 0.15) is 6.04 Å². The lowest BCUT2D eigenvalue weighted by atomic mass is 10.2. The molecule has 1 atom stereocenters. The normalized spacial score (nSPS) is 11.9. The van der Waals surface area contributed by atoms with Gasteiger partial charge in [-0.25, -0.2) is 0 Å². The topological polar surface area (TPSA) is 92.4 Å². The van der Waals surface area contributed by atoms with Crippen LogP contribution < -0.4 is 11.1 Å². The summed E-state index contributed by atoms with van der Waals surface area (Å²) in [7, 11) is 0. The molecule has 0 radical (unpaired) electrons. The Labute approximate surface area is 126 Å². The molecule has 1 amide bonds. The average molecular weight is 317 g/mol. The molecule has 1 unspecified atom stereocenters. The van der Waals surface area contributed by atoms with Crippen LogP contribution in [0.5, 0.6) is 0 Å². The summed E-state index contributed by atoms with van der Waals surface area (Å²) in [5, 5.41) is 11.8. The number of hydrogen-bond donors (Lipinski definition) is 3. The number of carbonyl (C=O) groups excluding carboxylic acids is 1. The van der Waals surface area contributed by atoms with Crippen molar-refractivity contribution in [1.82, 2.24) is 0 Å². The molecular weight excluding hydrogens is 300 g/mol. The van der Waals surface area contributed by atoms with E-state index in [1.165, 1.54) is 11.8 Å². The van der Waals surface area contributed by atoms with E-state index in [-0.39, 0.29) is 11.7 Å². The van der Waals surface area contributed by atoms with Crippen molar-refractivity contribution in [2.75, 3.05) is 16.8 Å². The van der Waals surface area contributed by atoms with Crippen molar-refractivity contribution >= 4 is 40.9 Å². The van der Waals surface area contributed by atoms with Crippen molar-refractivity contribution in [1.29, 1.82) is 0 Å². The maximum Gasteiger partial charge on any atom is 0.320 e. The zero-order chi connectivity index (χ0) is 15.1. The van der Waals surface area contributed by atoms with Crippen LogP contribution in [0.25, 0.3) is 0 Å². The van der Waals surface area contributed by atoms with Gasteiger partial charge in [0.2, 0.25) is 5.91 Å². The Morgan fingerprint density at radius 1 is 1.50 bits per heavy atom. The lowest BCUT2D eigenvalue weighted by Crippen LogP contribution is -2.30. The average Bonchev–Trinajstić information content (AvgIpc) is 2.37. The number of nitrogens with one attached hydrogen (secondary N) is 1. The zero-order valence-electron chi connectivity index (χ0n) is 11.1. The van der Waals surface area contributed by atoms with E-state index in [2.05, 4.69) is 5.32 Å². The molecule has 1 aromatic rings. The second-order valence-electron chi connectivity index (χ2n) is 4.32. The minimum absolute atomic E-state index is 0.176. The number of carboxylic acids is 1. The predicted molar refractivity (Wildman–Crippen MR) is 82.4 cm³/mol. The number of carboxylic acid groups (broad SMARTS) is 1. The molecule has 0 aliphatic heterocycles. The van der Waals surface area contributed by atoms with E-state index in [4.69, 9.17) is 22.4 Å². The largest absolute Gasteiger partial charge is 0.480 e. The van der Waals surface area contributed by atoms with E-state index < -0.39 is 12.0 Å². The fourth-order valence-corrected chi connectivity index (χ4v) is 2.51. The van der Waals surface area contributed by atoms with Gasteiger partial charge in [0.25, 0.3) is 0 Å². The SMILES string of the molecule is Cc1ccc(NC(=O)CSCCC(N)C(=O)O)c(Cl)c1. The number of rotatable bonds is 7. The van der Waals surface area contributed by atoms with Crippen LogP contribution in [0.1, 0.15) is 12.0 Å². The molecule has 0 aromatic heterocycles. The Morgan fingerprint density at radius 3 is 2.80 bits per heavy atom. The summed E-state index contributed by atoms with van der Waals surface area (Å²) >= 11 is 7.34. The van der Waals surface area contributed by atoms with E-state index in [9.17, 15) is 9.59 Å². The van der Waals surface area contributed by atoms with E-state index in [0.29, 0.717) is 22.9 Å². The summed E-state index contributed by atoms with van der Waals surface area (Å²) in [5.41, 5.74) is 6.95. The molecule has 0 saturated carbocycles. The molecule has 20 heavy (non-hydrogen) atoms. The first-order valence-corrected chi connectivity index (χ1v) is 7.55. The number of nitrogens with two attached hydrogens (primary N) is 1. The summed E-state index contributed by atoms with van der Waals surface area (Å²) in [6.07, 6.45) is 0.332. The fourth-order valence-electron chi connectivity index (χ4n) is 1.41. The summed E-state index contributed by atoms with van der Waals surface area (Å²) in [6.45, 7) is 1.92. The first-order chi connectivity index (χ1) is 9.40. The maximum absolute atomic E-state index is 11.7. The third kappa shape index (κ3) is 5.81. The van der Waals surface area contributed by atoms with Crippen molar-refractivity contribution in [3.8, 4) is 0 Å². The highest BCUT2D eigenvalue weighted by Crippen LogP contribution is 2.22. The maximum atomic E-state index is 11.7. The number of amides is 1. The third-order valence-electron chi connectivity index (χ3n) is 2.52. The number of thioether (sulfide) groups is 1. The van der Waals surface area contributed by atoms with Gasteiger partial charge in [-0.1, -0.05) is 17.7 Å². The van der Waals surface area contributed by atoms with Gasteiger partial charge in [-0.05, 0) is 36.8 Å². The Kier molecular flexibility index (Phi) is 6.84. The Hall–Kier alpha value is -1.24. The summed E-state index contributed by atoms with van der Waals surface area (Å²) in [5.74, 6) is -0.454. The Morgan fingerprint density at radius 2 is 2.20 bits per heavy atom. The number of anilines is 1.